The minimum Gasteiger partial charge on any atom is -0.490 e. The van der Waals surface area contributed by atoms with Crippen LogP contribution < -0.4 is 18.9 Å². The van der Waals surface area contributed by atoms with Gasteiger partial charge in [0.05, 0.1) is 21.3 Å². The number of ether oxygens (including phenoxy) is 7. The Bertz CT molecular complexity index is 679. The molecule has 0 N–H and O–H groups in total. The molecule has 150 valence electrons. The topological polar surface area (TPSA) is 81.7 Å². The Morgan fingerprint density at radius 2 is 1.37 bits per heavy atom. The molecule has 0 fully saturated rings. The van der Waals surface area contributed by atoms with Crippen LogP contribution in [0.25, 0.3) is 6.08 Å². The first-order chi connectivity index (χ1) is 13.0. The van der Waals surface area contributed by atoms with Crippen molar-refractivity contribution in [1.82, 2.24) is 0 Å². The third-order valence-corrected chi connectivity index (χ3v) is 3.47. The van der Waals surface area contributed by atoms with Gasteiger partial charge >= 0.3 is 5.97 Å². The Morgan fingerprint density at radius 1 is 0.815 bits per heavy atom. The molecule has 0 atom stereocenters. The van der Waals surface area contributed by atoms with Crippen LogP contribution in [0.2, 0.25) is 0 Å². The molecule has 0 aliphatic carbocycles. The molecule has 0 heterocycles. The largest absolute Gasteiger partial charge is 0.490 e. The van der Waals surface area contributed by atoms with E-state index in [0.717, 1.165) is 5.56 Å². The average Bonchev–Trinajstić information content (AvgIpc) is 2.68. The molecular weight excluding hydrogens is 356 g/mol. The molecule has 0 saturated carbocycles. The summed E-state index contributed by atoms with van der Waals surface area (Å²) >= 11 is 0. The summed E-state index contributed by atoms with van der Waals surface area (Å²) in [6.07, 6.45) is 6.27. The Labute approximate surface area is 159 Å². The third kappa shape index (κ3) is 5.90. The van der Waals surface area contributed by atoms with E-state index in [9.17, 15) is 4.79 Å². The maximum Gasteiger partial charge on any atom is 0.330 e. The van der Waals surface area contributed by atoms with Gasteiger partial charge in [0.15, 0.2) is 25.1 Å². The van der Waals surface area contributed by atoms with Crippen LogP contribution in [0.5, 0.6) is 23.0 Å². The summed E-state index contributed by atoms with van der Waals surface area (Å²) in [4.78, 5) is 11.2. The van der Waals surface area contributed by atoms with Gasteiger partial charge in [0.2, 0.25) is 11.5 Å². The second-order valence-electron chi connectivity index (χ2n) is 5.11. The van der Waals surface area contributed by atoms with Crippen molar-refractivity contribution in [3.8, 4) is 23.0 Å². The van der Waals surface area contributed by atoms with Gasteiger partial charge in [0.1, 0.15) is 0 Å². The monoisotopic (exact) mass is 382 g/mol. The van der Waals surface area contributed by atoms with Gasteiger partial charge in [-0.1, -0.05) is 18.2 Å². The molecule has 0 saturated heterocycles. The molecule has 1 aromatic carbocycles. The Morgan fingerprint density at radius 3 is 1.89 bits per heavy atom. The van der Waals surface area contributed by atoms with Crippen molar-refractivity contribution < 1.29 is 38.0 Å². The minimum absolute atomic E-state index is 0.00999. The molecule has 1 rings (SSSR count). The minimum atomic E-state index is -0.455. The molecule has 0 bridgehead atoms. The predicted octanol–water partition coefficient (Wildman–Crippen LogP) is 2.72. The third-order valence-electron chi connectivity index (χ3n) is 3.47. The molecule has 0 aromatic heterocycles. The number of esters is 1. The van der Waals surface area contributed by atoms with Crippen molar-refractivity contribution in [3.05, 3.63) is 29.4 Å². The molecule has 8 nitrogen and oxygen atoms in total. The summed E-state index contributed by atoms with van der Waals surface area (Å²) in [5, 5.41) is 0. The summed E-state index contributed by atoms with van der Waals surface area (Å²) in [6, 6.07) is 0. The van der Waals surface area contributed by atoms with Crippen molar-refractivity contribution >= 4 is 12.0 Å². The van der Waals surface area contributed by atoms with E-state index >= 15 is 0 Å². The molecule has 27 heavy (non-hydrogen) atoms. The highest BCUT2D eigenvalue weighted by Gasteiger charge is 2.25. The van der Waals surface area contributed by atoms with E-state index in [0.29, 0.717) is 28.6 Å². The lowest BCUT2D eigenvalue weighted by molar-refractivity contribution is -0.134. The van der Waals surface area contributed by atoms with Crippen LogP contribution in [0.4, 0.5) is 0 Å². The number of hydrogen-bond acceptors (Lipinski definition) is 8. The van der Waals surface area contributed by atoms with Crippen molar-refractivity contribution in [3.63, 3.8) is 0 Å². The zero-order chi connectivity index (χ0) is 20.2. The number of rotatable bonds is 11. The zero-order valence-corrected chi connectivity index (χ0v) is 16.5. The molecule has 0 unspecified atom stereocenters. The second kappa shape index (κ2) is 11.8. The van der Waals surface area contributed by atoms with Crippen LogP contribution in [0.15, 0.2) is 18.2 Å². The fourth-order valence-electron chi connectivity index (χ4n) is 2.27. The van der Waals surface area contributed by atoms with E-state index in [1.54, 1.807) is 18.2 Å². The molecule has 1 aromatic rings. The summed E-state index contributed by atoms with van der Waals surface area (Å²) in [5.41, 5.74) is 1.41. The predicted molar refractivity (Wildman–Crippen MR) is 99.5 cm³/mol. The fraction of sp³-hybridized carbons (Fsp3) is 0.421. The summed E-state index contributed by atoms with van der Waals surface area (Å²) in [7, 11) is 7.35. The van der Waals surface area contributed by atoms with E-state index in [1.807, 2.05) is 6.92 Å². The van der Waals surface area contributed by atoms with E-state index in [4.69, 9.17) is 28.4 Å². The van der Waals surface area contributed by atoms with Crippen molar-refractivity contribution in [2.75, 3.05) is 49.1 Å². The summed E-state index contributed by atoms with van der Waals surface area (Å²) in [6.45, 7) is 1.89. The normalized spacial score (nSPS) is 11.0. The van der Waals surface area contributed by atoms with Crippen LogP contribution in [-0.4, -0.2) is 55.1 Å². The Balaban J connectivity index is 3.51. The molecule has 0 aliphatic rings. The lowest BCUT2D eigenvalue weighted by Gasteiger charge is -2.21. The standard InChI is InChI=1S/C19H26O8/c1-13-14(9-7-8-10-15(20)23-4)17(27-12-22-3)19(25-6)18(24-5)16(13)26-11-21-2/h7-10H,11-12H2,1-6H3. The van der Waals surface area contributed by atoms with E-state index in [-0.39, 0.29) is 13.6 Å². The van der Waals surface area contributed by atoms with Gasteiger partial charge in [0.25, 0.3) is 0 Å². The highest BCUT2D eigenvalue weighted by atomic mass is 16.7. The molecule has 8 heteroatoms. The Hall–Kier alpha value is -2.71. The molecule has 0 aliphatic heterocycles. The van der Waals surface area contributed by atoms with Crippen molar-refractivity contribution in [1.29, 1.82) is 0 Å². The van der Waals surface area contributed by atoms with Gasteiger partial charge in [-0.15, -0.1) is 0 Å². The van der Waals surface area contributed by atoms with Gasteiger partial charge in [-0.3, -0.25) is 0 Å². The van der Waals surface area contributed by atoms with Crippen LogP contribution in [0, 0.1) is 6.92 Å². The van der Waals surface area contributed by atoms with Crippen molar-refractivity contribution in [2.24, 2.45) is 0 Å². The molecule has 0 spiro atoms. The highest BCUT2D eigenvalue weighted by molar-refractivity contribution is 5.82. The average molecular weight is 382 g/mol. The first kappa shape index (κ1) is 22.3. The second-order valence-corrected chi connectivity index (χ2v) is 5.11. The lowest BCUT2D eigenvalue weighted by atomic mass is 10.0. The highest BCUT2D eigenvalue weighted by Crippen LogP contribution is 2.50. The van der Waals surface area contributed by atoms with E-state index < -0.39 is 5.97 Å². The first-order valence-corrected chi connectivity index (χ1v) is 8.00. The number of carbonyl (C=O) groups excluding carboxylic acids is 1. The smallest absolute Gasteiger partial charge is 0.330 e. The number of allylic oxidation sites excluding steroid dienone is 2. The van der Waals surface area contributed by atoms with Gasteiger partial charge < -0.3 is 33.2 Å². The van der Waals surface area contributed by atoms with Crippen molar-refractivity contribution in [2.45, 2.75) is 6.92 Å². The Kier molecular flexibility index (Phi) is 9.78. The van der Waals surface area contributed by atoms with Gasteiger partial charge in [-0.2, -0.15) is 0 Å². The molecular formula is C19H26O8. The maximum atomic E-state index is 11.2. The summed E-state index contributed by atoms with van der Waals surface area (Å²) < 4.78 is 36.9. The van der Waals surface area contributed by atoms with Crippen LogP contribution in [0.1, 0.15) is 11.1 Å². The zero-order valence-electron chi connectivity index (χ0n) is 16.5. The SMILES string of the molecule is COCOc1c(C)c(C=CC=CC(=O)OC)c(OCOC)c(OC)c1OC. The van der Waals surface area contributed by atoms with Crippen LogP contribution in [0.3, 0.4) is 0 Å². The fourth-order valence-corrected chi connectivity index (χ4v) is 2.27. The van der Waals surface area contributed by atoms with Gasteiger partial charge in [0, 0.05) is 31.4 Å². The first-order valence-electron chi connectivity index (χ1n) is 8.00. The van der Waals surface area contributed by atoms with E-state index in [2.05, 4.69) is 4.74 Å². The molecule has 0 amide bonds. The maximum absolute atomic E-state index is 11.2. The lowest BCUT2D eigenvalue weighted by Crippen LogP contribution is -2.08. The quantitative estimate of drug-likeness (QED) is 0.250. The summed E-state index contributed by atoms with van der Waals surface area (Å²) in [5.74, 6) is 1.14. The number of methoxy groups -OCH3 is 5. The van der Waals surface area contributed by atoms with Gasteiger partial charge in [-0.25, -0.2) is 4.79 Å². The number of carbonyl (C=O) groups is 1. The number of benzene rings is 1. The van der Waals surface area contributed by atoms with Gasteiger partial charge in [-0.05, 0) is 6.92 Å². The van der Waals surface area contributed by atoms with Crippen LogP contribution >= 0.6 is 0 Å². The molecule has 0 radical (unpaired) electrons. The number of hydrogen-bond donors (Lipinski definition) is 0. The van der Waals surface area contributed by atoms with E-state index in [1.165, 1.54) is 41.6 Å². The van der Waals surface area contributed by atoms with Crippen LogP contribution in [-0.2, 0) is 19.0 Å².